The van der Waals surface area contributed by atoms with E-state index >= 15 is 0 Å². The Morgan fingerprint density at radius 2 is 1.91 bits per heavy atom. The average molecular weight is 468 g/mol. The smallest absolute Gasteiger partial charge is 0.320 e. The predicted molar refractivity (Wildman–Crippen MR) is 116 cm³/mol. The van der Waals surface area contributed by atoms with Crippen LogP contribution in [-0.4, -0.2) is 89.7 Å². The van der Waals surface area contributed by atoms with E-state index in [-0.39, 0.29) is 24.6 Å². The fourth-order valence-electron chi connectivity index (χ4n) is 4.32. The van der Waals surface area contributed by atoms with Gasteiger partial charge in [0, 0.05) is 32.2 Å². The van der Waals surface area contributed by atoms with E-state index in [0.717, 1.165) is 18.2 Å². The largest absolute Gasteiger partial charge is 0.389 e. The number of likely N-dealkylation sites (N-methyl/N-ethyl adjacent to an activating group) is 1. The molecule has 0 radical (unpaired) electrons. The lowest BCUT2D eigenvalue weighted by atomic mass is 9.94. The molecule has 4 amide bonds. The number of carbonyl (C=O) groups is 3. The summed E-state index contributed by atoms with van der Waals surface area (Å²) in [6.07, 6.45) is -0.827. The van der Waals surface area contributed by atoms with Gasteiger partial charge in [-0.25, -0.2) is 13.6 Å². The Balaban J connectivity index is 1.84. The molecule has 2 heterocycles. The van der Waals surface area contributed by atoms with E-state index in [1.165, 1.54) is 4.90 Å². The van der Waals surface area contributed by atoms with Crippen LogP contribution in [0.15, 0.2) is 18.2 Å². The number of nitrogens with one attached hydrogen (secondary N) is 3. The molecule has 4 atom stereocenters. The van der Waals surface area contributed by atoms with Crippen molar-refractivity contribution in [1.29, 1.82) is 0 Å². The molecule has 1 aromatic carbocycles. The zero-order chi connectivity index (χ0) is 24.1. The lowest BCUT2D eigenvalue weighted by Crippen LogP contribution is -2.64. The summed E-state index contributed by atoms with van der Waals surface area (Å²) in [5.74, 6) is -2.50. The van der Waals surface area contributed by atoms with Crippen LogP contribution in [0.1, 0.15) is 25.8 Å². The highest BCUT2D eigenvalue weighted by Crippen LogP contribution is 2.19. The Bertz CT molecular complexity index is 866. The Labute approximate surface area is 191 Å². The van der Waals surface area contributed by atoms with Gasteiger partial charge in [-0.15, -0.1) is 0 Å². The maximum absolute atomic E-state index is 13.7. The highest BCUT2D eigenvalue weighted by Gasteiger charge is 2.42. The van der Waals surface area contributed by atoms with Crippen molar-refractivity contribution in [3.63, 3.8) is 0 Å². The van der Waals surface area contributed by atoms with Crippen molar-refractivity contribution < 1.29 is 28.3 Å². The number of aliphatic hydroxyl groups is 1. The van der Waals surface area contributed by atoms with Crippen LogP contribution in [0.4, 0.5) is 13.6 Å². The summed E-state index contributed by atoms with van der Waals surface area (Å²) >= 11 is 0. The highest BCUT2D eigenvalue weighted by atomic mass is 19.1. The molecule has 0 aromatic heterocycles. The molecule has 0 aliphatic carbocycles. The first-order valence-corrected chi connectivity index (χ1v) is 11.2. The summed E-state index contributed by atoms with van der Waals surface area (Å²) in [5.41, 5.74) is 0.219. The van der Waals surface area contributed by atoms with Gasteiger partial charge in [0.05, 0.1) is 18.7 Å². The summed E-state index contributed by atoms with van der Waals surface area (Å²) in [6.45, 7) is 5.58. The normalized spacial score (nSPS) is 22.8. The summed E-state index contributed by atoms with van der Waals surface area (Å²) in [5, 5.41) is 19.3. The second-order valence-corrected chi connectivity index (χ2v) is 8.34. The van der Waals surface area contributed by atoms with E-state index in [1.807, 2.05) is 13.8 Å². The molecule has 9 nitrogen and oxygen atoms in total. The monoisotopic (exact) mass is 467 g/mol. The highest BCUT2D eigenvalue weighted by molar-refractivity contribution is 5.91. The van der Waals surface area contributed by atoms with Crippen LogP contribution in [0, 0.1) is 11.6 Å². The van der Waals surface area contributed by atoms with Crippen LogP contribution in [0.25, 0.3) is 0 Å². The molecule has 0 saturated carbocycles. The van der Waals surface area contributed by atoms with Crippen molar-refractivity contribution in [2.24, 2.45) is 0 Å². The third kappa shape index (κ3) is 5.77. The van der Waals surface area contributed by atoms with Crippen LogP contribution >= 0.6 is 0 Å². The lowest BCUT2D eigenvalue weighted by molar-refractivity contribution is -0.131. The van der Waals surface area contributed by atoms with Crippen molar-refractivity contribution in [2.75, 3.05) is 32.7 Å². The molecule has 4 N–H and O–H groups in total. The number of hydrogen-bond acceptors (Lipinski definition) is 5. The van der Waals surface area contributed by atoms with Crippen LogP contribution in [0.3, 0.4) is 0 Å². The Morgan fingerprint density at radius 3 is 2.52 bits per heavy atom. The van der Waals surface area contributed by atoms with E-state index in [9.17, 15) is 28.3 Å². The minimum absolute atomic E-state index is 0.112. The SMILES string of the molecule is CCCN1C(=O)N(CC)CC1C(=O)N[C@@H](Cc1cc(F)cc(F)c1)[C@H](O)[C@@H]1NCCNC1=O. The number of rotatable bonds is 9. The zero-order valence-electron chi connectivity index (χ0n) is 18.8. The lowest BCUT2D eigenvalue weighted by Gasteiger charge is -2.34. The summed E-state index contributed by atoms with van der Waals surface area (Å²) < 4.78 is 27.5. The first kappa shape index (κ1) is 24.8. The second-order valence-electron chi connectivity index (χ2n) is 8.34. The number of halogens is 2. The van der Waals surface area contributed by atoms with Gasteiger partial charge in [0.1, 0.15) is 23.7 Å². The Morgan fingerprint density at radius 1 is 1.21 bits per heavy atom. The number of urea groups is 1. The zero-order valence-corrected chi connectivity index (χ0v) is 18.8. The van der Waals surface area contributed by atoms with Gasteiger partial charge in [0.2, 0.25) is 11.8 Å². The van der Waals surface area contributed by atoms with Crippen LogP contribution in [-0.2, 0) is 16.0 Å². The van der Waals surface area contributed by atoms with Gasteiger partial charge in [-0.3, -0.25) is 9.59 Å². The molecule has 1 unspecified atom stereocenters. The van der Waals surface area contributed by atoms with Gasteiger partial charge in [-0.05, 0) is 37.5 Å². The van der Waals surface area contributed by atoms with E-state index in [4.69, 9.17) is 0 Å². The van der Waals surface area contributed by atoms with E-state index in [1.54, 1.807) is 4.90 Å². The predicted octanol–water partition coefficient (Wildman–Crippen LogP) is -0.0229. The molecule has 2 aliphatic heterocycles. The van der Waals surface area contributed by atoms with Crippen LogP contribution < -0.4 is 16.0 Å². The third-order valence-corrected chi connectivity index (χ3v) is 5.96. The van der Waals surface area contributed by atoms with E-state index in [2.05, 4.69) is 16.0 Å². The number of piperazine rings is 1. The van der Waals surface area contributed by atoms with Gasteiger partial charge in [-0.2, -0.15) is 0 Å². The molecule has 0 bridgehead atoms. The number of nitrogens with zero attached hydrogens (tertiary/aromatic N) is 2. The van der Waals surface area contributed by atoms with Crippen molar-refractivity contribution in [2.45, 2.75) is 50.9 Å². The summed E-state index contributed by atoms with van der Waals surface area (Å²) in [6, 6.07) is -0.0900. The molecule has 1 aromatic rings. The van der Waals surface area contributed by atoms with Crippen molar-refractivity contribution in [3.8, 4) is 0 Å². The van der Waals surface area contributed by atoms with E-state index in [0.29, 0.717) is 32.6 Å². The minimum Gasteiger partial charge on any atom is -0.389 e. The quantitative estimate of drug-likeness (QED) is 0.408. The molecule has 3 rings (SSSR count). The fourth-order valence-corrected chi connectivity index (χ4v) is 4.32. The van der Waals surface area contributed by atoms with Crippen LogP contribution in [0.5, 0.6) is 0 Å². The van der Waals surface area contributed by atoms with E-state index < -0.39 is 47.7 Å². The first-order valence-electron chi connectivity index (χ1n) is 11.2. The topological polar surface area (TPSA) is 114 Å². The van der Waals surface area contributed by atoms with Gasteiger partial charge in [0.15, 0.2) is 0 Å². The fraction of sp³-hybridized carbons (Fsp3) is 0.591. The number of amides is 4. The molecule has 33 heavy (non-hydrogen) atoms. The minimum atomic E-state index is -1.38. The van der Waals surface area contributed by atoms with Gasteiger partial charge in [-0.1, -0.05) is 6.92 Å². The Kier molecular flexibility index (Phi) is 8.20. The molecule has 2 aliphatic rings. The number of aliphatic hydroxyl groups excluding tert-OH is 1. The number of carbonyl (C=O) groups excluding carboxylic acids is 3. The maximum atomic E-state index is 13.7. The summed E-state index contributed by atoms with van der Waals surface area (Å²) in [4.78, 5) is 41.1. The molecule has 0 spiro atoms. The standard InChI is InChI=1S/C22H31F2N5O4/c1-3-7-29-17(12-28(4-2)22(29)33)20(31)27-16(10-13-8-14(23)11-15(24)9-13)19(30)18-21(32)26-6-5-25-18/h8-9,11,16-19,25,30H,3-7,10,12H2,1-2H3,(H,26,32)(H,27,31)/t16-,17?,18-,19-/m0/s1. The molecule has 11 heteroatoms. The van der Waals surface area contributed by atoms with Crippen molar-refractivity contribution in [3.05, 3.63) is 35.4 Å². The van der Waals surface area contributed by atoms with Gasteiger partial charge < -0.3 is 30.9 Å². The van der Waals surface area contributed by atoms with Gasteiger partial charge in [0.25, 0.3) is 0 Å². The van der Waals surface area contributed by atoms with Crippen molar-refractivity contribution in [1.82, 2.24) is 25.8 Å². The average Bonchev–Trinajstić information content (AvgIpc) is 3.08. The van der Waals surface area contributed by atoms with Crippen molar-refractivity contribution >= 4 is 17.8 Å². The number of hydrogen-bond donors (Lipinski definition) is 4. The Hall–Kier alpha value is -2.79. The third-order valence-electron chi connectivity index (χ3n) is 5.96. The van der Waals surface area contributed by atoms with Crippen LogP contribution in [0.2, 0.25) is 0 Å². The maximum Gasteiger partial charge on any atom is 0.320 e. The molecule has 182 valence electrons. The molecular formula is C22H31F2N5O4. The molecule has 2 saturated heterocycles. The number of benzene rings is 1. The second kappa shape index (κ2) is 10.9. The molecule has 2 fully saturated rings. The molecular weight excluding hydrogens is 436 g/mol. The van der Waals surface area contributed by atoms with Gasteiger partial charge >= 0.3 is 6.03 Å². The first-order chi connectivity index (χ1) is 15.7. The summed E-state index contributed by atoms with van der Waals surface area (Å²) in [7, 11) is 0.